The molecule has 6 atom stereocenters. The van der Waals surface area contributed by atoms with Crippen LogP contribution in [0.2, 0.25) is 5.28 Å². The molecule has 12 nitrogen and oxygen atoms in total. The second-order valence-electron chi connectivity index (χ2n) is 8.46. The Morgan fingerprint density at radius 1 is 1.27 bits per heavy atom. The molecule has 202 valence electrons. The number of nitrogens with zero attached hydrogens (tertiary/aromatic N) is 3. The quantitative estimate of drug-likeness (QED) is 0.185. The van der Waals surface area contributed by atoms with E-state index in [0.29, 0.717) is 10.9 Å². The highest BCUT2D eigenvalue weighted by atomic mass is 35.5. The Morgan fingerprint density at radius 3 is 2.68 bits per heavy atom. The van der Waals surface area contributed by atoms with Crippen LogP contribution in [-0.2, 0) is 18.4 Å². The number of nitrogens with one attached hydrogen (secondary N) is 1. The van der Waals surface area contributed by atoms with E-state index in [-0.39, 0.29) is 16.7 Å². The zero-order chi connectivity index (χ0) is 27.1. The molecule has 17 heteroatoms. The molecule has 3 aromatic rings. The van der Waals surface area contributed by atoms with E-state index in [0.717, 1.165) is 0 Å². The van der Waals surface area contributed by atoms with E-state index >= 15 is 4.39 Å². The van der Waals surface area contributed by atoms with Gasteiger partial charge in [0, 0.05) is 6.20 Å². The summed E-state index contributed by atoms with van der Waals surface area (Å²) in [6, 6.07) is 7.12. The Morgan fingerprint density at radius 2 is 2.00 bits per heavy atom. The molecule has 2 aromatic heterocycles. The first-order chi connectivity index (χ1) is 17.2. The lowest BCUT2D eigenvalue weighted by Crippen LogP contribution is -2.31. The van der Waals surface area contributed by atoms with Crippen LogP contribution in [0.15, 0.2) is 36.5 Å². The van der Waals surface area contributed by atoms with Crippen LogP contribution in [0.4, 0.5) is 14.6 Å². The standard InChI is InChI=1S/C20H23ClF2N4O8P2/c1-10(11-3-2-4-12(22)7-11)24-17-13-5-6-27(18(13)26-20(21)25-17)19-15(23)16(28)14(35-19)8-34-37(32,33)9-36(29,30)31/h2-7,10,14-16,19,28H,8-9H2,1H3,(H,32,33)(H,24,25,26)(H2,29,30,31)/t10-,14-,15+,16-,19-/m1/s1. The smallest absolute Gasteiger partial charge is 0.340 e. The van der Waals surface area contributed by atoms with Crippen molar-refractivity contribution in [1.29, 1.82) is 0 Å². The van der Waals surface area contributed by atoms with Crippen LogP contribution in [0.5, 0.6) is 0 Å². The first-order valence-electron chi connectivity index (χ1n) is 10.8. The SMILES string of the molecule is C[C@@H](Nc1nc(Cl)nc2c1ccn2[C@@H]1O[C@H](COP(=O)(O)CP(=O)(O)O)[C@@H](O)[C@@H]1F)c1cccc(F)c1. The number of rotatable bonds is 9. The fraction of sp³-hybridized carbons (Fsp3) is 0.400. The molecule has 0 bridgehead atoms. The molecule has 1 unspecified atom stereocenters. The van der Waals surface area contributed by atoms with Crippen molar-refractivity contribution >= 4 is 43.6 Å². The number of halogens is 3. The number of aromatic nitrogens is 3. The van der Waals surface area contributed by atoms with Gasteiger partial charge in [-0.05, 0) is 42.3 Å². The van der Waals surface area contributed by atoms with Crippen LogP contribution in [-0.4, -0.2) is 65.2 Å². The van der Waals surface area contributed by atoms with E-state index in [2.05, 4.69) is 19.8 Å². The van der Waals surface area contributed by atoms with Crippen LogP contribution < -0.4 is 5.32 Å². The van der Waals surface area contributed by atoms with Crippen molar-refractivity contribution < 1.29 is 47.0 Å². The Balaban J connectivity index is 1.55. The van der Waals surface area contributed by atoms with E-state index < -0.39 is 64.2 Å². The van der Waals surface area contributed by atoms with Gasteiger partial charge in [-0.15, -0.1) is 0 Å². The molecule has 0 amide bonds. The summed E-state index contributed by atoms with van der Waals surface area (Å²) in [6.07, 6.45) is -5.27. The summed E-state index contributed by atoms with van der Waals surface area (Å²) in [6.45, 7) is 0.970. The highest BCUT2D eigenvalue weighted by molar-refractivity contribution is 7.70. The van der Waals surface area contributed by atoms with Crippen LogP contribution >= 0.6 is 26.8 Å². The van der Waals surface area contributed by atoms with Gasteiger partial charge in [0.15, 0.2) is 18.3 Å². The number of hydrogen-bond donors (Lipinski definition) is 5. The third-order valence-electron chi connectivity index (χ3n) is 5.62. The molecule has 37 heavy (non-hydrogen) atoms. The zero-order valence-corrected chi connectivity index (χ0v) is 21.6. The second-order valence-corrected chi connectivity index (χ2v) is 12.8. The van der Waals surface area contributed by atoms with Crippen molar-refractivity contribution in [3.8, 4) is 0 Å². The summed E-state index contributed by atoms with van der Waals surface area (Å²) in [5.74, 6) is -1.57. The maximum absolute atomic E-state index is 15.0. The highest BCUT2D eigenvalue weighted by Gasteiger charge is 2.47. The normalized spacial score (nSPS) is 24.8. The molecule has 1 saturated heterocycles. The van der Waals surface area contributed by atoms with Gasteiger partial charge in [0.25, 0.3) is 0 Å². The minimum atomic E-state index is -4.87. The second kappa shape index (κ2) is 10.6. The first-order valence-corrected chi connectivity index (χ1v) is 14.7. The number of fused-ring (bicyclic) bond motifs is 1. The number of anilines is 1. The molecule has 1 aliphatic heterocycles. The van der Waals surface area contributed by atoms with Crippen molar-refractivity contribution in [2.24, 2.45) is 0 Å². The number of aliphatic hydroxyl groups is 1. The van der Waals surface area contributed by atoms with E-state index in [1.807, 2.05) is 0 Å². The van der Waals surface area contributed by atoms with Gasteiger partial charge in [-0.2, -0.15) is 4.98 Å². The van der Waals surface area contributed by atoms with Crippen LogP contribution in [0.25, 0.3) is 11.0 Å². The Bertz CT molecular complexity index is 1390. The highest BCUT2D eigenvalue weighted by Crippen LogP contribution is 2.55. The van der Waals surface area contributed by atoms with Gasteiger partial charge in [0.2, 0.25) is 5.28 Å². The van der Waals surface area contributed by atoms with E-state index in [4.69, 9.17) is 26.1 Å². The van der Waals surface area contributed by atoms with Gasteiger partial charge in [-0.25, -0.2) is 13.8 Å². The number of benzene rings is 1. The number of hydrogen-bond acceptors (Lipinski definition) is 8. The summed E-state index contributed by atoms with van der Waals surface area (Å²) in [4.78, 5) is 35.7. The van der Waals surface area contributed by atoms with Crippen LogP contribution in [0.3, 0.4) is 0 Å². The molecule has 3 heterocycles. The van der Waals surface area contributed by atoms with Gasteiger partial charge in [0.1, 0.15) is 29.5 Å². The average molecular weight is 583 g/mol. The summed E-state index contributed by atoms with van der Waals surface area (Å²) in [7, 11) is -9.61. The van der Waals surface area contributed by atoms with E-state index in [1.165, 1.54) is 22.9 Å². The van der Waals surface area contributed by atoms with Crippen molar-refractivity contribution in [1.82, 2.24) is 14.5 Å². The third-order valence-corrected chi connectivity index (χ3v) is 9.24. The molecule has 0 spiro atoms. The number of aliphatic hydroxyl groups excluding tert-OH is 1. The molecule has 4 rings (SSSR count). The number of ether oxygens (including phenoxy) is 1. The largest absolute Gasteiger partial charge is 0.387 e. The predicted molar refractivity (Wildman–Crippen MR) is 128 cm³/mol. The minimum absolute atomic E-state index is 0.143. The van der Waals surface area contributed by atoms with E-state index in [9.17, 15) is 23.5 Å². The minimum Gasteiger partial charge on any atom is -0.387 e. The molecular formula is C20H23ClF2N4O8P2. The maximum Gasteiger partial charge on any atom is 0.340 e. The van der Waals surface area contributed by atoms with Crippen LogP contribution in [0.1, 0.15) is 24.8 Å². The summed E-state index contributed by atoms with van der Waals surface area (Å²) in [5, 5.41) is 13.6. The Hall–Kier alpha value is -1.99. The molecule has 0 radical (unpaired) electrons. The zero-order valence-electron chi connectivity index (χ0n) is 19.1. The predicted octanol–water partition coefficient (Wildman–Crippen LogP) is 3.33. The topological polar surface area (TPSA) is 176 Å². The third kappa shape index (κ3) is 6.54. The Kier molecular flexibility index (Phi) is 8.06. The fourth-order valence-corrected chi connectivity index (χ4v) is 6.65. The van der Waals surface area contributed by atoms with Crippen LogP contribution in [0, 0.1) is 5.82 Å². The molecular weight excluding hydrogens is 560 g/mol. The molecule has 1 aromatic carbocycles. The first kappa shape index (κ1) is 28.0. The molecule has 1 fully saturated rings. The molecule has 1 aliphatic rings. The summed E-state index contributed by atoms with van der Waals surface area (Å²) >= 11 is 6.10. The summed E-state index contributed by atoms with van der Waals surface area (Å²) < 4.78 is 63.0. The van der Waals surface area contributed by atoms with Crippen molar-refractivity contribution in [2.75, 3.05) is 17.8 Å². The molecule has 5 N–H and O–H groups in total. The maximum atomic E-state index is 15.0. The van der Waals surface area contributed by atoms with Gasteiger partial charge < -0.3 is 38.9 Å². The summed E-state index contributed by atoms with van der Waals surface area (Å²) in [5.41, 5.74) is 0.779. The van der Waals surface area contributed by atoms with Crippen molar-refractivity contribution in [3.63, 3.8) is 0 Å². The molecule has 0 saturated carbocycles. The van der Waals surface area contributed by atoms with Gasteiger partial charge in [0.05, 0.1) is 18.0 Å². The lowest BCUT2D eigenvalue weighted by Gasteiger charge is -2.19. The van der Waals surface area contributed by atoms with Gasteiger partial charge in [-0.1, -0.05) is 12.1 Å². The van der Waals surface area contributed by atoms with Crippen molar-refractivity contribution in [2.45, 2.75) is 37.6 Å². The molecule has 0 aliphatic carbocycles. The lowest BCUT2D eigenvalue weighted by molar-refractivity contribution is -0.0423. The van der Waals surface area contributed by atoms with E-state index in [1.54, 1.807) is 25.1 Å². The monoisotopic (exact) mass is 582 g/mol. The van der Waals surface area contributed by atoms with Gasteiger partial charge >= 0.3 is 15.2 Å². The average Bonchev–Trinajstić information content (AvgIpc) is 3.32. The van der Waals surface area contributed by atoms with Gasteiger partial charge in [-0.3, -0.25) is 9.13 Å². The van der Waals surface area contributed by atoms with Crippen molar-refractivity contribution in [3.05, 3.63) is 53.2 Å². The Labute approximate surface area is 213 Å². The fourth-order valence-electron chi connectivity index (χ4n) is 3.92. The lowest BCUT2D eigenvalue weighted by atomic mass is 10.1. The number of alkyl halides is 1.